The van der Waals surface area contributed by atoms with Gasteiger partial charge in [-0.15, -0.1) is 0 Å². The lowest BCUT2D eigenvalue weighted by molar-refractivity contribution is 0.0384. The van der Waals surface area contributed by atoms with E-state index in [0.29, 0.717) is 0 Å². The highest BCUT2D eigenvalue weighted by Crippen LogP contribution is 2.18. The maximum absolute atomic E-state index is 13.3. The number of hydrogen-bond donors (Lipinski definition) is 3. The fraction of sp³-hybridized carbons (Fsp3) is 0.345. The molecule has 3 rings (SSSR count). The molecule has 0 saturated carbocycles. The number of alkyl carbamates (subject to hydrolysis) is 1. The van der Waals surface area contributed by atoms with Crippen LogP contribution in [0.3, 0.4) is 0 Å². The maximum atomic E-state index is 13.3. The minimum Gasteiger partial charge on any atom is -0.444 e. The van der Waals surface area contributed by atoms with Crippen LogP contribution < -0.4 is 10.0 Å². The molecule has 0 aliphatic carbocycles. The van der Waals surface area contributed by atoms with Gasteiger partial charge in [0, 0.05) is 0 Å². The predicted molar refractivity (Wildman–Crippen MR) is 145 cm³/mol. The third-order valence-electron chi connectivity index (χ3n) is 5.76. The Bertz CT molecular complexity index is 1240. The second kappa shape index (κ2) is 12.4. The Kier molecular flexibility index (Phi) is 9.48. The molecule has 3 aromatic rings. The summed E-state index contributed by atoms with van der Waals surface area (Å²) in [5, 5.41) is 14.4. The summed E-state index contributed by atoms with van der Waals surface area (Å²) in [7, 11) is -3.96. The van der Waals surface area contributed by atoms with Gasteiger partial charge in [0.15, 0.2) is 0 Å². The molecule has 1 amide bonds. The number of benzene rings is 3. The number of ether oxygens (including phenoxy) is 1. The van der Waals surface area contributed by atoms with Gasteiger partial charge in [-0.1, -0.05) is 78.4 Å². The molecule has 0 radical (unpaired) electrons. The first-order chi connectivity index (χ1) is 17.4. The fourth-order valence-corrected chi connectivity index (χ4v) is 5.20. The highest BCUT2D eigenvalue weighted by molar-refractivity contribution is 7.89. The Morgan fingerprint density at radius 3 is 1.81 bits per heavy atom. The fourth-order valence-electron chi connectivity index (χ4n) is 3.95. The van der Waals surface area contributed by atoms with Crippen molar-refractivity contribution in [2.75, 3.05) is 0 Å². The molecule has 0 aliphatic rings. The van der Waals surface area contributed by atoms with Crippen molar-refractivity contribution in [3.8, 4) is 0 Å². The minimum atomic E-state index is -3.96. The number of rotatable bonds is 10. The van der Waals surface area contributed by atoms with Gasteiger partial charge in [-0.25, -0.2) is 17.9 Å². The number of aryl methyl sites for hydroxylation is 1. The third-order valence-corrected chi connectivity index (χ3v) is 7.27. The molecule has 3 N–H and O–H groups in total. The zero-order valence-electron chi connectivity index (χ0n) is 21.7. The molecule has 37 heavy (non-hydrogen) atoms. The first kappa shape index (κ1) is 28.4. The monoisotopic (exact) mass is 524 g/mol. The summed E-state index contributed by atoms with van der Waals surface area (Å²) >= 11 is 0. The van der Waals surface area contributed by atoms with Crippen molar-refractivity contribution in [3.05, 3.63) is 102 Å². The molecular weight excluding hydrogens is 488 g/mol. The number of carbonyl (C=O) groups is 1. The largest absolute Gasteiger partial charge is 0.444 e. The molecule has 0 aliphatic heterocycles. The van der Waals surface area contributed by atoms with Gasteiger partial charge in [-0.3, -0.25) is 0 Å². The van der Waals surface area contributed by atoms with E-state index in [1.165, 1.54) is 12.1 Å². The van der Waals surface area contributed by atoms with Crippen LogP contribution in [0, 0.1) is 6.92 Å². The topological polar surface area (TPSA) is 105 Å². The summed E-state index contributed by atoms with van der Waals surface area (Å²) in [5.41, 5.74) is 1.92. The Morgan fingerprint density at radius 2 is 1.32 bits per heavy atom. The number of carbonyl (C=O) groups excluding carboxylic acids is 1. The van der Waals surface area contributed by atoms with E-state index >= 15 is 0 Å². The molecule has 8 heteroatoms. The van der Waals surface area contributed by atoms with Crippen LogP contribution in [0.5, 0.6) is 0 Å². The van der Waals surface area contributed by atoms with Crippen molar-refractivity contribution in [2.45, 2.75) is 69.2 Å². The van der Waals surface area contributed by atoms with Crippen LogP contribution >= 0.6 is 0 Å². The maximum Gasteiger partial charge on any atom is 0.407 e. The van der Waals surface area contributed by atoms with Crippen molar-refractivity contribution >= 4 is 16.1 Å². The second-order valence-electron chi connectivity index (χ2n) is 10.2. The number of aliphatic hydroxyl groups is 1. The van der Waals surface area contributed by atoms with Crippen molar-refractivity contribution in [2.24, 2.45) is 0 Å². The lowest BCUT2D eigenvalue weighted by Gasteiger charge is -2.32. The van der Waals surface area contributed by atoms with Gasteiger partial charge in [-0.2, -0.15) is 0 Å². The third kappa shape index (κ3) is 9.00. The van der Waals surface area contributed by atoms with Crippen molar-refractivity contribution < 1.29 is 23.1 Å². The Hall–Kier alpha value is -3.20. The normalized spacial score (nSPS) is 14.4. The van der Waals surface area contributed by atoms with E-state index in [9.17, 15) is 18.3 Å². The van der Waals surface area contributed by atoms with Crippen molar-refractivity contribution in [3.63, 3.8) is 0 Å². The molecule has 3 aromatic carbocycles. The van der Waals surface area contributed by atoms with Gasteiger partial charge < -0.3 is 15.2 Å². The molecular formula is C29H36N2O5S. The standard InChI is InChI=1S/C29H36N2O5S/c1-21-15-17-24(18-16-21)37(34,35)31-26(20-23-13-9-6-10-14-23)27(32)25(19-22-11-7-5-8-12-22)30-28(33)36-29(2,3)4/h5-18,25-27,31-32H,19-20H2,1-4H3,(H,30,33). The summed E-state index contributed by atoms with van der Waals surface area (Å²) < 4.78 is 34.7. The van der Waals surface area contributed by atoms with Gasteiger partial charge in [0.05, 0.1) is 23.1 Å². The first-order valence-electron chi connectivity index (χ1n) is 12.3. The zero-order chi connectivity index (χ0) is 27.1. The van der Waals surface area contributed by atoms with Gasteiger partial charge in [0.2, 0.25) is 10.0 Å². The number of aliphatic hydroxyl groups excluding tert-OH is 1. The summed E-state index contributed by atoms with van der Waals surface area (Å²) in [6.45, 7) is 7.14. The molecule has 7 nitrogen and oxygen atoms in total. The van der Waals surface area contributed by atoms with Gasteiger partial charge in [-0.05, 0) is 63.8 Å². The summed E-state index contributed by atoms with van der Waals surface area (Å²) in [6, 6.07) is 23.5. The van der Waals surface area contributed by atoms with Crippen LogP contribution in [0.15, 0.2) is 89.8 Å². The summed E-state index contributed by atoms with van der Waals surface area (Å²) in [6.07, 6.45) is -1.46. The van der Waals surface area contributed by atoms with Crippen LogP contribution in [-0.4, -0.2) is 43.4 Å². The zero-order valence-corrected chi connectivity index (χ0v) is 22.5. The summed E-state index contributed by atoms with van der Waals surface area (Å²) in [5.74, 6) is 0. The van der Waals surface area contributed by atoms with Gasteiger partial charge >= 0.3 is 6.09 Å². The average molecular weight is 525 g/mol. The van der Waals surface area contributed by atoms with Crippen molar-refractivity contribution in [1.82, 2.24) is 10.0 Å². The molecule has 0 heterocycles. The lowest BCUT2D eigenvalue weighted by Crippen LogP contribution is -2.56. The van der Waals surface area contributed by atoms with Crippen molar-refractivity contribution in [1.29, 1.82) is 0 Å². The van der Waals surface area contributed by atoms with E-state index < -0.39 is 39.9 Å². The Labute approximate surface area is 219 Å². The number of sulfonamides is 1. The SMILES string of the molecule is Cc1ccc(S(=O)(=O)NC(Cc2ccccc2)C(O)C(Cc2ccccc2)NC(=O)OC(C)(C)C)cc1. The molecule has 0 saturated heterocycles. The average Bonchev–Trinajstić information content (AvgIpc) is 2.83. The van der Waals surface area contributed by atoms with Gasteiger partial charge in [0.1, 0.15) is 5.60 Å². The number of hydrogen-bond acceptors (Lipinski definition) is 5. The predicted octanol–water partition coefficient (Wildman–Crippen LogP) is 4.38. The quantitative estimate of drug-likeness (QED) is 0.365. The minimum absolute atomic E-state index is 0.100. The summed E-state index contributed by atoms with van der Waals surface area (Å²) in [4.78, 5) is 12.8. The molecule has 198 valence electrons. The Balaban J connectivity index is 1.94. The van der Waals surface area contributed by atoms with Crippen LogP contribution in [0.4, 0.5) is 4.79 Å². The van der Waals surface area contributed by atoms with Crippen LogP contribution in [-0.2, 0) is 27.6 Å². The van der Waals surface area contributed by atoms with E-state index in [0.717, 1.165) is 16.7 Å². The molecule has 0 fully saturated rings. The molecule has 3 atom stereocenters. The van der Waals surface area contributed by atoms with E-state index in [4.69, 9.17) is 4.74 Å². The van der Waals surface area contributed by atoms with Crippen LogP contribution in [0.25, 0.3) is 0 Å². The van der Waals surface area contributed by atoms with E-state index in [1.54, 1.807) is 32.9 Å². The number of amides is 1. The van der Waals surface area contributed by atoms with Gasteiger partial charge in [0.25, 0.3) is 0 Å². The molecule has 0 aromatic heterocycles. The molecule has 0 spiro atoms. The first-order valence-corrected chi connectivity index (χ1v) is 13.8. The Morgan fingerprint density at radius 1 is 0.838 bits per heavy atom. The molecule has 3 unspecified atom stereocenters. The van der Waals surface area contributed by atoms with E-state index in [-0.39, 0.29) is 17.7 Å². The number of nitrogens with one attached hydrogen (secondary N) is 2. The highest BCUT2D eigenvalue weighted by Gasteiger charge is 2.34. The van der Waals surface area contributed by atoms with Crippen LogP contribution in [0.2, 0.25) is 0 Å². The second-order valence-corrected chi connectivity index (χ2v) is 11.9. The smallest absolute Gasteiger partial charge is 0.407 e. The molecule has 0 bridgehead atoms. The van der Waals surface area contributed by atoms with E-state index in [2.05, 4.69) is 10.0 Å². The lowest BCUT2D eigenvalue weighted by atomic mass is 9.93. The van der Waals surface area contributed by atoms with Crippen LogP contribution in [0.1, 0.15) is 37.5 Å². The highest BCUT2D eigenvalue weighted by atomic mass is 32.2. The van der Waals surface area contributed by atoms with E-state index in [1.807, 2.05) is 67.6 Å².